The zero-order valence-electron chi connectivity index (χ0n) is 14.7. The Hall–Kier alpha value is -1.59. The maximum Gasteiger partial charge on any atom is 0.325 e. The van der Waals surface area contributed by atoms with Crippen LogP contribution < -0.4 is 5.32 Å². The number of carbonyl (C=O) groups excluding carboxylic acids is 2. The number of esters is 1. The van der Waals surface area contributed by atoms with Crippen molar-refractivity contribution in [3.05, 3.63) is 0 Å². The predicted octanol–water partition coefficient (Wildman–Crippen LogP) is 2.67. The number of nitrogens with zero attached hydrogens (tertiary/aromatic N) is 1. The van der Waals surface area contributed by atoms with Crippen LogP contribution in [0.25, 0.3) is 0 Å². The van der Waals surface area contributed by atoms with Gasteiger partial charge in [-0.05, 0) is 25.7 Å². The van der Waals surface area contributed by atoms with E-state index in [9.17, 15) is 9.59 Å². The van der Waals surface area contributed by atoms with Crippen LogP contribution in [0.4, 0.5) is 0 Å². The zero-order valence-corrected chi connectivity index (χ0v) is 14.7. The summed E-state index contributed by atoms with van der Waals surface area (Å²) in [7, 11) is 1.60. The number of ether oxygens (including phenoxy) is 1. The number of amides is 1. The van der Waals surface area contributed by atoms with Crippen LogP contribution in [0, 0.1) is 11.3 Å². The third kappa shape index (κ3) is 8.00. The number of guanidine groups is 1. The molecule has 23 heavy (non-hydrogen) atoms. The summed E-state index contributed by atoms with van der Waals surface area (Å²) in [5, 5.41) is 10.4. The molecule has 6 heteroatoms. The highest BCUT2D eigenvalue weighted by atomic mass is 16.5. The fourth-order valence-corrected chi connectivity index (χ4v) is 2.62. The first-order valence-electron chi connectivity index (χ1n) is 8.69. The van der Waals surface area contributed by atoms with Gasteiger partial charge in [0.15, 0.2) is 5.96 Å². The maximum atomic E-state index is 12.0. The van der Waals surface area contributed by atoms with E-state index < -0.39 is 0 Å². The number of likely N-dealkylation sites (N-methyl/N-ethyl adjacent to an activating group) is 1. The summed E-state index contributed by atoms with van der Waals surface area (Å²) in [6, 6.07) is 0. The van der Waals surface area contributed by atoms with Gasteiger partial charge < -0.3 is 9.64 Å². The average molecular weight is 325 g/mol. The lowest BCUT2D eigenvalue weighted by Crippen LogP contribution is -2.44. The van der Waals surface area contributed by atoms with E-state index in [-0.39, 0.29) is 30.5 Å². The van der Waals surface area contributed by atoms with E-state index >= 15 is 0 Å². The smallest absolute Gasteiger partial charge is 0.325 e. The van der Waals surface area contributed by atoms with Crippen LogP contribution in [-0.4, -0.2) is 42.4 Å². The third-order valence-corrected chi connectivity index (χ3v) is 4.44. The molecule has 132 valence electrons. The topological polar surface area (TPSA) is 82.5 Å². The van der Waals surface area contributed by atoms with Crippen molar-refractivity contribution in [2.45, 2.75) is 71.3 Å². The van der Waals surface area contributed by atoms with Crippen molar-refractivity contribution in [2.75, 3.05) is 13.6 Å². The summed E-state index contributed by atoms with van der Waals surface area (Å²) < 4.78 is 5.44. The van der Waals surface area contributed by atoms with Crippen molar-refractivity contribution < 1.29 is 14.3 Å². The molecule has 0 aromatic rings. The molecule has 1 fully saturated rings. The molecule has 0 unspecified atom stereocenters. The van der Waals surface area contributed by atoms with Gasteiger partial charge in [-0.25, -0.2) is 0 Å². The van der Waals surface area contributed by atoms with Crippen LogP contribution in [0.15, 0.2) is 0 Å². The molecule has 0 bridgehead atoms. The number of carbonyl (C=O) groups is 2. The van der Waals surface area contributed by atoms with Crippen molar-refractivity contribution in [2.24, 2.45) is 5.92 Å². The largest absolute Gasteiger partial charge is 0.461 e. The summed E-state index contributed by atoms with van der Waals surface area (Å²) in [5.74, 6) is -0.257. The summed E-state index contributed by atoms with van der Waals surface area (Å²) in [6.07, 6.45) is 7.90. The normalized spacial score (nSPS) is 27.1. The van der Waals surface area contributed by atoms with E-state index in [0.29, 0.717) is 12.3 Å². The summed E-state index contributed by atoms with van der Waals surface area (Å²) in [4.78, 5) is 25.1. The second-order valence-electron chi connectivity index (χ2n) is 6.59. The fraction of sp³-hybridized carbons (Fsp3) is 0.824. The summed E-state index contributed by atoms with van der Waals surface area (Å²) in [5.41, 5.74) is 0. The van der Waals surface area contributed by atoms with Gasteiger partial charge in [0.2, 0.25) is 5.91 Å². The SMILES string of the molecule is C[C@H]1CCCCCCCCC(=O)NC(=N)N(C)CC(=O)O[C@@H]1C. The molecule has 0 spiro atoms. The molecule has 2 atom stereocenters. The molecule has 0 aromatic carbocycles. The van der Waals surface area contributed by atoms with E-state index in [4.69, 9.17) is 10.1 Å². The molecule has 6 nitrogen and oxygen atoms in total. The Morgan fingerprint density at radius 3 is 2.39 bits per heavy atom. The zero-order chi connectivity index (χ0) is 17.2. The molecule has 1 saturated heterocycles. The second-order valence-corrected chi connectivity index (χ2v) is 6.59. The molecule has 2 N–H and O–H groups in total. The Labute approximate surface area is 139 Å². The lowest BCUT2D eigenvalue weighted by Gasteiger charge is -2.23. The first-order valence-corrected chi connectivity index (χ1v) is 8.69. The quantitative estimate of drug-likeness (QED) is 0.671. The Morgan fingerprint density at radius 1 is 1.09 bits per heavy atom. The Morgan fingerprint density at radius 2 is 1.70 bits per heavy atom. The van der Waals surface area contributed by atoms with Gasteiger partial charge in [0.25, 0.3) is 0 Å². The molecule has 0 aliphatic carbocycles. The second kappa shape index (κ2) is 10.2. The molecule has 0 saturated carbocycles. The van der Waals surface area contributed by atoms with Gasteiger partial charge in [0.05, 0.1) is 0 Å². The van der Waals surface area contributed by atoms with Gasteiger partial charge in [0, 0.05) is 13.5 Å². The lowest BCUT2D eigenvalue weighted by molar-refractivity contribution is -0.150. The first-order chi connectivity index (χ1) is 10.9. The third-order valence-electron chi connectivity index (χ3n) is 4.44. The minimum atomic E-state index is -0.366. The number of hydrogen-bond donors (Lipinski definition) is 2. The number of rotatable bonds is 0. The molecule has 1 heterocycles. The first kappa shape index (κ1) is 19.5. The van der Waals surface area contributed by atoms with Gasteiger partial charge in [-0.1, -0.05) is 39.0 Å². The van der Waals surface area contributed by atoms with Crippen molar-refractivity contribution in [1.29, 1.82) is 5.41 Å². The number of nitrogens with one attached hydrogen (secondary N) is 2. The minimum absolute atomic E-state index is 0.0316. The molecular weight excluding hydrogens is 294 g/mol. The van der Waals surface area contributed by atoms with E-state index in [1.807, 2.05) is 6.92 Å². The molecular formula is C17H31N3O3. The molecule has 1 amide bonds. The van der Waals surface area contributed by atoms with Gasteiger partial charge in [0.1, 0.15) is 12.6 Å². The van der Waals surface area contributed by atoms with Gasteiger partial charge >= 0.3 is 5.97 Å². The molecule has 1 aliphatic rings. The lowest BCUT2D eigenvalue weighted by atomic mass is 9.97. The molecule has 0 radical (unpaired) electrons. The summed E-state index contributed by atoms with van der Waals surface area (Å²) >= 11 is 0. The fourth-order valence-electron chi connectivity index (χ4n) is 2.62. The Kier molecular flexibility index (Phi) is 8.66. The standard InChI is InChI=1S/C17H31N3O3/c1-13-10-8-6-4-5-7-9-11-15(21)19-17(18)20(3)12-16(22)23-14(13)2/h13-14H,4-12H2,1-3H3,(H2,18,19,21)/t13-,14+/m0/s1. The van der Waals surface area contributed by atoms with Crippen LogP contribution in [0.3, 0.4) is 0 Å². The van der Waals surface area contributed by atoms with Crippen LogP contribution in [0.5, 0.6) is 0 Å². The van der Waals surface area contributed by atoms with E-state index in [1.54, 1.807) is 7.05 Å². The molecule has 0 aromatic heterocycles. The van der Waals surface area contributed by atoms with Crippen molar-refractivity contribution in [3.8, 4) is 0 Å². The maximum absolute atomic E-state index is 12.0. The van der Waals surface area contributed by atoms with Crippen LogP contribution in [-0.2, 0) is 14.3 Å². The van der Waals surface area contributed by atoms with Crippen molar-refractivity contribution in [3.63, 3.8) is 0 Å². The van der Waals surface area contributed by atoms with E-state index in [2.05, 4.69) is 12.2 Å². The minimum Gasteiger partial charge on any atom is -0.461 e. The Balaban J connectivity index is 2.60. The van der Waals surface area contributed by atoms with E-state index in [1.165, 1.54) is 17.7 Å². The van der Waals surface area contributed by atoms with Gasteiger partial charge in [-0.3, -0.25) is 20.3 Å². The number of hydrogen-bond acceptors (Lipinski definition) is 4. The highest BCUT2D eigenvalue weighted by Gasteiger charge is 2.19. The van der Waals surface area contributed by atoms with Gasteiger partial charge in [-0.15, -0.1) is 0 Å². The van der Waals surface area contributed by atoms with Crippen LogP contribution >= 0.6 is 0 Å². The van der Waals surface area contributed by atoms with Crippen LogP contribution in [0.1, 0.15) is 65.2 Å². The molecule has 1 rings (SSSR count). The predicted molar refractivity (Wildman–Crippen MR) is 90.2 cm³/mol. The average Bonchev–Trinajstić information content (AvgIpc) is 2.48. The van der Waals surface area contributed by atoms with Gasteiger partial charge in [-0.2, -0.15) is 0 Å². The highest BCUT2D eigenvalue weighted by Crippen LogP contribution is 2.17. The van der Waals surface area contributed by atoms with Crippen LogP contribution in [0.2, 0.25) is 0 Å². The number of cyclic esters (lactones) is 1. The monoisotopic (exact) mass is 325 g/mol. The highest BCUT2D eigenvalue weighted by molar-refractivity contribution is 5.96. The van der Waals surface area contributed by atoms with E-state index in [0.717, 1.165) is 32.1 Å². The molecule has 1 aliphatic heterocycles. The van der Waals surface area contributed by atoms with Crippen molar-refractivity contribution >= 4 is 17.8 Å². The summed E-state index contributed by atoms with van der Waals surface area (Å²) in [6.45, 7) is 4.00. The Bertz CT molecular complexity index is 412. The van der Waals surface area contributed by atoms with Crippen molar-refractivity contribution in [1.82, 2.24) is 10.2 Å².